The van der Waals surface area contributed by atoms with Crippen LogP contribution in [0.25, 0.3) is 0 Å². The van der Waals surface area contributed by atoms with E-state index in [2.05, 4.69) is 13.8 Å². The van der Waals surface area contributed by atoms with Crippen LogP contribution in [0.3, 0.4) is 0 Å². The van der Waals surface area contributed by atoms with Gasteiger partial charge in [0, 0.05) is 12.3 Å². The van der Waals surface area contributed by atoms with Crippen LogP contribution in [-0.2, 0) is 4.57 Å². The summed E-state index contributed by atoms with van der Waals surface area (Å²) in [6.07, 6.45) is 14.8. The topological polar surface area (TPSA) is 17.1 Å². The van der Waals surface area contributed by atoms with Gasteiger partial charge in [-0.15, -0.1) is 0 Å². The summed E-state index contributed by atoms with van der Waals surface area (Å²) in [5, 5.41) is 0. The van der Waals surface area contributed by atoms with Crippen LogP contribution in [0.5, 0.6) is 0 Å². The van der Waals surface area contributed by atoms with Crippen LogP contribution in [-0.4, -0.2) is 19.0 Å². The SMILES string of the molecule is CCCCCCCCP(C)(=O)CCCCCC. The predicted molar refractivity (Wildman–Crippen MR) is 80.8 cm³/mol. The number of hydrogen-bond acceptors (Lipinski definition) is 1. The highest BCUT2D eigenvalue weighted by Crippen LogP contribution is 2.43. The molecule has 1 unspecified atom stereocenters. The maximum Gasteiger partial charge on any atom is 0.0848 e. The molecule has 0 aromatic rings. The molecule has 0 saturated carbocycles. The lowest BCUT2D eigenvalue weighted by Gasteiger charge is -2.12. The fourth-order valence-corrected chi connectivity index (χ4v) is 4.22. The van der Waals surface area contributed by atoms with Crippen molar-refractivity contribution in [1.82, 2.24) is 0 Å². The van der Waals surface area contributed by atoms with Crippen molar-refractivity contribution in [2.24, 2.45) is 0 Å². The molecular formula is C15H33OP. The van der Waals surface area contributed by atoms with Crippen molar-refractivity contribution < 1.29 is 4.57 Å². The average molecular weight is 260 g/mol. The van der Waals surface area contributed by atoms with E-state index in [-0.39, 0.29) is 0 Å². The molecule has 0 rings (SSSR count). The van der Waals surface area contributed by atoms with Gasteiger partial charge in [-0.3, -0.25) is 0 Å². The van der Waals surface area contributed by atoms with E-state index in [9.17, 15) is 4.57 Å². The van der Waals surface area contributed by atoms with Gasteiger partial charge < -0.3 is 4.57 Å². The Hall–Kier alpha value is 0.230. The van der Waals surface area contributed by atoms with Gasteiger partial charge in [0.15, 0.2) is 0 Å². The standard InChI is InChI=1S/C15H33OP/c1-4-6-8-10-11-13-15-17(3,16)14-12-9-7-5-2/h4-15H2,1-3H3. The highest BCUT2D eigenvalue weighted by molar-refractivity contribution is 7.63. The first-order valence-corrected chi connectivity index (χ1v) is 10.2. The van der Waals surface area contributed by atoms with Gasteiger partial charge in [-0.05, 0) is 19.5 Å². The quantitative estimate of drug-likeness (QED) is 0.314. The van der Waals surface area contributed by atoms with Gasteiger partial charge in [-0.1, -0.05) is 65.2 Å². The lowest BCUT2D eigenvalue weighted by Crippen LogP contribution is -1.95. The second kappa shape index (κ2) is 11.3. The molecule has 0 spiro atoms. The van der Waals surface area contributed by atoms with E-state index in [1.54, 1.807) is 0 Å². The molecule has 0 N–H and O–H groups in total. The third kappa shape index (κ3) is 12.5. The minimum atomic E-state index is -1.79. The monoisotopic (exact) mass is 260 g/mol. The Morgan fingerprint density at radius 1 is 0.647 bits per heavy atom. The summed E-state index contributed by atoms with van der Waals surface area (Å²) in [7, 11) is -1.79. The van der Waals surface area contributed by atoms with E-state index < -0.39 is 7.14 Å². The first-order chi connectivity index (χ1) is 8.12. The van der Waals surface area contributed by atoms with Crippen LogP contribution in [0.4, 0.5) is 0 Å². The highest BCUT2D eigenvalue weighted by Gasteiger charge is 2.13. The van der Waals surface area contributed by atoms with Gasteiger partial charge in [0.25, 0.3) is 0 Å². The van der Waals surface area contributed by atoms with Crippen molar-refractivity contribution in [2.45, 2.75) is 78.1 Å². The van der Waals surface area contributed by atoms with Gasteiger partial charge in [0.1, 0.15) is 0 Å². The Bertz CT molecular complexity index is 201. The largest absolute Gasteiger partial charge is 0.324 e. The van der Waals surface area contributed by atoms with Crippen LogP contribution in [0.2, 0.25) is 0 Å². The second-order valence-electron chi connectivity index (χ2n) is 5.57. The average Bonchev–Trinajstić information content (AvgIpc) is 2.29. The van der Waals surface area contributed by atoms with Gasteiger partial charge in [-0.25, -0.2) is 0 Å². The molecule has 0 aliphatic rings. The first-order valence-electron chi connectivity index (χ1n) is 7.68. The molecule has 0 bridgehead atoms. The van der Waals surface area contributed by atoms with E-state index in [0.29, 0.717) is 0 Å². The van der Waals surface area contributed by atoms with Crippen LogP contribution in [0, 0.1) is 0 Å². The van der Waals surface area contributed by atoms with Gasteiger partial charge in [-0.2, -0.15) is 0 Å². The molecule has 0 aromatic heterocycles. The van der Waals surface area contributed by atoms with Crippen LogP contribution in [0.15, 0.2) is 0 Å². The van der Waals surface area contributed by atoms with Crippen molar-refractivity contribution in [3.63, 3.8) is 0 Å². The van der Waals surface area contributed by atoms with Gasteiger partial charge in [0.2, 0.25) is 0 Å². The molecule has 0 heterocycles. The summed E-state index contributed by atoms with van der Waals surface area (Å²) in [5.74, 6) is 0. The third-order valence-electron chi connectivity index (χ3n) is 3.47. The van der Waals surface area contributed by atoms with Crippen molar-refractivity contribution in [2.75, 3.05) is 19.0 Å². The molecule has 0 aromatic carbocycles. The fourth-order valence-electron chi connectivity index (χ4n) is 2.21. The molecule has 17 heavy (non-hydrogen) atoms. The predicted octanol–water partition coefficient (Wildman–Crippen LogP) is 5.92. The molecule has 0 amide bonds. The zero-order valence-corrected chi connectivity index (χ0v) is 13.2. The minimum Gasteiger partial charge on any atom is -0.324 e. The maximum atomic E-state index is 12.3. The summed E-state index contributed by atoms with van der Waals surface area (Å²) < 4.78 is 12.3. The molecule has 1 atom stereocenters. The third-order valence-corrected chi connectivity index (χ3v) is 5.99. The minimum absolute atomic E-state index is 0.988. The number of rotatable bonds is 12. The smallest absolute Gasteiger partial charge is 0.0848 e. The first kappa shape index (κ1) is 17.2. The van der Waals surface area contributed by atoms with Crippen LogP contribution in [0.1, 0.15) is 78.1 Å². The molecule has 0 aliphatic carbocycles. The molecule has 0 radical (unpaired) electrons. The molecule has 0 fully saturated rings. The maximum absolute atomic E-state index is 12.3. The Kier molecular flexibility index (Phi) is 11.5. The molecular weight excluding hydrogens is 227 g/mol. The Morgan fingerprint density at radius 3 is 1.47 bits per heavy atom. The van der Waals surface area contributed by atoms with E-state index in [1.165, 1.54) is 64.2 Å². The summed E-state index contributed by atoms with van der Waals surface area (Å²) in [4.78, 5) is 0. The summed E-state index contributed by atoms with van der Waals surface area (Å²) in [6.45, 7) is 6.49. The zero-order chi connectivity index (χ0) is 13.0. The summed E-state index contributed by atoms with van der Waals surface area (Å²) in [6, 6.07) is 0. The zero-order valence-electron chi connectivity index (χ0n) is 12.3. The summed E-state index contributed by atoms with van der Waals surface area (Å²) in [5.41, 5.74) is 0. The molecule has 0 aliphatic heterocycles. The van der Waals surface area contributed by atoms with Crippen LogP contribution >= 0.6 is 7.14 Å². The molecule has 2 heteroatoms. The summed E-state index contributed by atoms with van der Waals surface area (Å²) >= 11 is 0. The lowest BCUT2D eigenvalue weighted by molar-refractivity contribution is 0.567. The van der Waals surface area contributed by atoms with E-state index >= 15 is 0 Å². The van der Waals surface area contributed by atoms with Gasteiger partial charge >= 0.3 is 0 Å². The molecule has 0 saturated heterocycles. The van der Waals surface area contributed by atoms with E-state index in [1.807, 2.05) is 6.66 Å². The molecule has 104 valence electrons. The highest BCUT2D eigenvalue weighted by atomic mass is 31.2. The Labute approximate surface area is 109 Å². The van der Waals surface area contributed by atoms with Crippen LogP contribution < -0.4 is 0 Å². The fraction of sp³-hybridized carbons (Fsp3) is 1.00. The normalized spacial score (nSPS) is 14.8. The van der Waals surface area contributed by atoms with Crippen molar-refractivity contribution in [3.8, 4) is 0 Å². The van der Waals surface area contributed by atoms with Crippen molar-refractivity contribution in [3.05, 3.63) is 0 Å². The van der Waals surface area contributed by atoms with Gasteiger partial charge in [0.05, 0.1) is 7.14 Å². The second-order valence-corrected chi connectivity index (χ2v) is 9.06. The van der Waals surface area contributed by atoms with E-state index in [4.69, 9.17) is 0 Å². The lowest BCUT2D eigenvalue weighted by atomic mass is 10.1. The van der Waals surface area contributed by atoms with Crippen molar-refractivity contribution in [1.29, 1.82) is 0 Å². The number of hydrogen-bond donors (Lipinski definition) is 0. The number of unbranched alkanes of at least 4 members (excludes halogenated alkanes) is 8. The Balaban J connectivity index is 3.40. The van der Waals surface area contributed by atoms with Crippen molar-refractivity contribution >= 4 is 7.14 Å². The molecule has 1 nitrogen and oxygen atoms in total. The Morgan fingerprint density at radius 2 is 1.00 bits per heavy atom. The van der Waals surface area contributed by atoms with E-state index in [0.717, 1.165) is 12.3 Å².